The molecule has 0 amide bonds. The molecule has 0 aliphatic carbocycles. The fourth-order valence-corrected chi connectivity index (χ4v) is 12.5. The first-order chi connectivity index (χ1) is 40.6. The van der Waals surface area contributed by atoms with Crippen LogP contribution in [-0.4, -0.2) is 120 Å². The fraction of sp³-hybridized carbons (Fsp3) is 0.120. The van der Waals surface area contributed by atoms with Crippen molar-refractivity contribution in [3.05, 3.63) is 138 Å². The Labute approximate surface area is 607 Å². The van der Waals surface area contributed by atoms with Crippen molar-refractivity contribution in [3.8, 4) is 23.0 Å². The number of nitrogens with one attached hydrogen (secondary N) is 2. The maximum Gasteiger partial charge on any atom is 1.00 e. The van der Waals surface area contributed by atoms with Gasteiger partial charge in [-0.1, -0.05) is 35.4 Å². The number of aromatic hydroxyl groups is 2. The predicted octanol–water partition coefficient (Wildman–Crippen LogP) is -5.25. The van der Waals surface area contributed by atoms with E-state index < -0.39 is 174 Å². The normalized spacial score (nSPS) is 12.4. The van der Waals surface area contributed by atoms with Gasteiger partial charge in [-0.25, -0.2) is 50.5 Å². The number of hydrogen-bond acceptors (Lipinski definition) is 28. The second-order valence-corrected chi connectivity index (χ2v) is 27.0. The first-order valence-corrected chi connectivity index (χ1v) is 32.7. The average molecular weight is 1410 g/mol. The van der Waals surface area contributed by atoms with E-state index in [0.717, 1.165) is 36.4 Å². The number of nitrogens with zero attached hydrogens (tertiary/aromatic N) is 6. The number of aliphatic hydroxyl groups excluding tert-OH is 2. The molecule has 0 spiro atoms. The van der Waals surface area contributed by atoms with E-state index in [1.807, 2.05) is 0 Å². The molecule has 0 bridgehead atoms. The summed E-state index contributed by atoms with van der Waals surface area (Å²) < 4.78 is 218. The zero-order valence-electron chi connectivity index (χ0n) is 48.1. The number of azo groups is 3. The maximum absolute atomic E-state index is 13.9. The van der Waals surface area contributed by atoms with E-state index in [2.05, 4.69) is 35.0 Å². The van der Waals surface area contributed by atoms with E-state index in [0.29, 0.717) is 47.5 Å². The molecule has 41 heteroatoms. The third-order valence-corrected chi connectivity index (χ3v) is 18.1. The number of anilines is 2. The Balaban J connectivity index is 0.00000442. The molecule has 8 aromatic rings. The molecule has 0 radical (unpaired) electrons. The summed E-state index contributed by atoms with van der Waals surface area (Å²) in [6.07, 6.45) is 0. The van der Waals surface area contributed by atoms with Gasteiger partial charge in [0, 0.05) is 23.3 Å². The van der Waals surface area contributed by atoms with E-state index in [1.54, 1.807) is 13.8 Å². The molecule has 8 aromatic carbocycles. The summed E-state index contributed by atoms with van der Waals surface area (Å²) in [7, 11) is -31.5. The number of ether oxygens (including phenoxy) is 2. The molecule has 0 saturated carbocycles. The standard InChI is InChI=1S/C50H44N8O23S6.4Na/c1-27-3-9-33(10-4-27)82(64,65)56-38-25-35(84(68,69)70)19-29-21-43(86(74,75)76)47(49(61)45(29)38)53-51-31-7-13-37(41(23-31)80-17-15-59)55-58(63)40-14-8-32(24-42(40)81-18-16-60)52-54-48-44(87(77,78)79)22-30-20-36(85(71,72)73)26-39(46(30)50(48)62)57-83(66,67)34-11-5-28(2)6-12-34;;;;/h3-14,19-26,56-57,59-62H,15-18H2,1-2H3,(H,68,69,70)(H,71,72,73)(H,74,75,76)(H,77,78,79);;;;/q;4*+1/p-4. The summed E-state index contributed by atoms with van der Waals surface area (Å²) >= 11 is 0. The third kappa shape index (κ3) is 18.8. The molecule has 0 heterocycles. The molecule has 0 aliphatic rings. The molecule has 8 rings (SSSR count). The zero-order valence-corrected chi connectivity index (χ0v) is 61.0. The van der Waals surface area contributed by atoms with Crippen LogP contribution in [0.1, 0.15) is 11.1 Å². The van der Waals surface area contributed by atoms with Gasteiger partial charge in [0.15, 0.2) is 28.7 Å². The van der Waals surface area contributed by atoms with Gasteiger partial charge in [0.05, 0.1) is 76.1 Å². The quantitative estimate of drug-likeness (QED) is 0.0121. The predicted molar refractivity (Wildman–Crippen MR) is 299 cm³/mol. The van der Waals surface area contributed by atoms with Crippen molar-refractivity contribution >= 4 is 128 Å². The molecule has 458 valence electrons. The van der Waals surface area contributed by atoms with Gasteiger partial charge in [-0.05, 0) is 108 Å². The van der Waals surface area contributed by atoms with Crippen molar-refractivity contribution in [2.75, 3.05) is 35.9 Å². The number of fused-ring (bicyclic) bond motifs is 2. The molecule has 0 aromatic heterocycles. The van der Waals surface area contributed by atoms with E-state index >= 15 is 0 Å². The van der Waals surface area contributed by atoms with Crippen LogP contribution in [-0.2, 0) is 60.5 Å². The van der Waals surface area contributed by atoms with Crippen molar-refractivity contribution in [2.45, 2.75) is 43.2 Å². The van der Waals surface area contributed by atoms with Gasteiger partial charge in [-0.15, -0.1) is 10.2 Å². The van der Waals surface area contributed by atoms with E-state index in [1.165, 1.54) is 48.5 Å². The summed E-state index contributed by atoms with van der Waals surface area (Å²) in [5.74, 6) is -3.30. The van der Waals surface area contributed by atoms with Crippen LogP contribution in [0.3, 0.4) is 0 Å². The number of rotatable bonds is 22. The largest absolute Gasteiger partial charge is 1.00 e. The Bertz CT molecular complexity index is 4940. The molecule has 31 nitrogen and oxygen atoms in total. The number of phenolic OH excluding ortho intramolecular Hbond substituents is 2. The minimum Gasteiger partial charge on any atom is -0.744 e. The van der Waals surface area contributed by atoms with Crippen LogP contribution in [0.25, 0.3) is 21.5 Å². The zero-order chi connectivity index (χ0) is 63.8. The minimum absolute atomic E-state index is 0. The van der Waals surface area contributed by atoms with Gasteiger partial charge in [0.25, 0.3) is 25.7 Å². The third-order valence-electron chi connectivity index (χ3n) is 12.0. The molecule has 6 N–H and O–H groups in total. The summed E-state index contributed by atoms with van der Waals surface area (Å²) in [6, 6.07) is 19.8. The van der Waals surface area contributed by atoms with Crippen molar-refractivity contribution in [2.24, 2.45) is 25.6 Å². The SMILES string of the molecule is Cc1ccc(S(=O)(=O)Nc2cc(S(=O)(=O)[O-])cc3cc(S(=O)(=O)[O-])c(N=Nc4ccc(N=[N+]([O-])c5ccc(N=Nc6c(S(=O)(=O)[O-])cc7cc(S(=O)(=O)[O-])cc(NS(=O)(=O)c8ccc(C)cc8)c7c6O)cc5OCCO)c(OCCO)c4)c(O)c23)cc1.[Na+].[Na+].[Na+].[Na+]. The van der Waals surface area contributed by atoms with Gasteiger partial charge in [-0.2, -0.15) is 10.2 Å². The Kier molecular flexibility index (Phi) is 26.9. The number of benzene rings is 8. The van der Waals surface area contributed by atoms with E-state index in [9.17, 15) is 94.4 Å². The monoisotopic (exact) mass is 1400 g/mol. The molecule has 0 unspecified atom stereocenters. The second-order valence-electron chi connectivity index (χ2n) is 18.2. The van der Waals surface area contributed by atoms with Crippen molar-refractivity contribution in [1.29, 1.82) is 0 Å². The first-order valence-electron chi connectivity index (χ1n) is 24.1. The van der Waals surface area contributed by atoms with E-state index in [-0.39, 0.29) is 156 Å². The van der Waals surface area contributed by atoms with Gasteiger partial charge in [0.1, 0.15) is 65.1 Å². The molecule has 0 aliphatic heterocycles. The van der Waals surface area contributed by atoms with Gasteiger partial charge in [0.2, 0.25) is 0 Å². The summed E-state index contributed by atoms with van der Waals surface area (Å²) in [4.78, 5) is -5.68. The smallest absolute Gasteiger partial charge is 0.744 e. The fourth-order valence-electron chi connectivity index (χ4n) is 8.07. The van der Waals surface area contributed by atoms with E-state index in [4.69, 9.17) is 9.47 Å². The summed E-state index contributed by atoms with van der Waals surface area (Å²) in [6.45, 7) is 1.03. The average Bonchev–Trinajstić information content (AvgIpc) is 0.853. The second kappa shape index (κ2) is 31.1. The van der Waals surface area contributed by atoms with Crippen LogP contribution in [0, 0.1) is 19.1 Å². The Morgan fingerprint density at radius 3 is 1.21 bits per heavy atom. The van der Waals surface area contributed by atoms with Crippen molar-refractivity contribution in [1.82, 2.24) is 0 Å². The molecule has 0 fully saturated rings. The van der Waals surface area contributed by atoms with Gasteiger partial charge >= 0.3 is 118 Å². The number of aryl methyl sites for hydroxylation is 2. The molecular formula is C50H40N8Na4O23S6. The van der Waals surface area contributed by atoms with Crippen LogP contribution in [0.2, 0.25) is 0 Å². The number of phenols is 2. The van der Waals surface area contributed by atoms with Gasteiger partial charge in [-0.3, -0.25) is 9.44 Å². The molecule has 91 heavy (non-hydrogen) atoms. The number of aliphatic hydroxyl groups is 2. The topological polar surface area (TPSA) is 508 Å². The van der Waals surface area contributed by atoms with Crippen LogP contribution in [0.4, 0.5) is 45.5 Å². The van der Waals surface area contributed by atoms with Crippen LogP contribution in [0.5, 0.6) is 23.0 Å². The number of sulfonamides is 2. The maximum atomic E-state index is 13.9. The number of hydrogen-bond donors (Lipinski definition) is 6. The summed E-state index contributed by atoms with van der Waals surface area (Å²) in [5.41, 5.74) is -3.98. The Hall–Kier alpha value is -4.86. The van der Waals surface area contributed by atoms with Crippen molar-refractivity contribution < 1.29 is 222 Å². The molecule has 0 saturated heterocycles. The molecular weight excluding hydrogens is 1360 g/mol. The minimum atomic E-state index is -5.69. The summed E-state index contributed by atoms with van der Waals surface area (Å²) in [5, 5.41) is 72.9. The molecule has 0 atom stereocenters. The first kappa shape index (κ1) is 78.6. The van der Waals surface area contributed by atoms with Crippen LogP contribution < -0.4 is 137 Å². The Morgan fingerprint density at radius 1 is 0.462 bits per heavy atom. The van der Waals surface area contributed by atoms with Crippen LogP contribution >= 0.6 is 0 Å². The Morgan fingerprint density at radius 2 is 0.835 bits per heavy atom. The van der Waals surface area contributed by atoms with Crippen molar-refractivity contribution in [3.63, 3.8) is 0 Å². The van der Waals surface area contributed by atoms with Crippen LogP contribution in [0.15, 0.2) is 176 Å². The van der Waals surface area contributed by atoms with Gasteiger partial charge < -0.3 is 53.3 Å².